The van der Waals surface area contributed by atoms with Crippen LogP contribution >= 0.6 is 0 Å². The summed E-state index contributed by atoms with van der Waals surface area (Å²) in [5, 5.41) is 2.80. The maximum absolute atomic E-state index is 11.1. The average molecular weight is 170 g/mol. The van der Waals surface area contributed by atoms with Crippen LogP contribution in [0.5, 0.6) is 0 Å². The Morgan fingerprint density at radius 1 is 1.58 bits per heavy atom. The van der Waals surface area contributed by atoms with Gasteiger partial charge in [-0.25, -0.2) is 0 Å². The first-order chi connectivity index (χ1) is 5.65. The van der Waals surface area contributed by atoms with Crippen molar-refractivity contribution in [3.63, 3.8) is 0 Å². The van der Waals surface area contributed by atoms with Gasteiger partial charge in [-0.1, -0.05) is 12.8 Å². The molecule has 12 heavy (non-hydrogen) atoms. The zero-order chi connectivity index (χ0) is 9.14. The van der Waals surface area contributed by atoms with Gasteiger partial charge in [-0.2, -0.15) is 0 Å². The highest BCUT2D eigenvalue weighted by Gasteiger charge is 2.30. The fourth-order valence-corrected chi connectivity index (χ4v) is 1.21. The van der Waals surface area contributed by atoms with Gasteiger partial charge < -0.3 is 11.1 Å². The van der Waals surface area contributed by atoms with Crippen molar-refractivity contribution in [2.24, 2.45) is 11.7 Å². The van der Waals surface area contributed by atoms with Crippen LogP contribution < -0.4 is 11.1 Å². The zero-order valence-electron chi connectivity index (χ0n) is 7.17. The second kappa shape index (κ2) is 3.67. The van der Waals surface area contributed by atoms with Crippen LogP contribution in [0.15, 0.2) is 0 Å². The molecule has 1 rings (SSSR count). The van der Waals surface area contributed by atoms with Crippen LogP contribution in [0, 0.1) is 5.92 Å². The zero-order valence-corrected chi connectivity index (χ0v) is 7.17. The van der Waals surface area contributed by atoms with Crippen molar-refractivity contribution >= 4 is 11.7 Å². The number of hydrogen-bond donors (Lipinski definition) is 2. The van der Waals surface area contributed by atoms with Crippen molar-refractivity contribution in [1.82, 2.24) is 5.32 Å². The molecule has 68 valence electrons. The van der Waals surface area contributed by atoms with Gasteiger partial charge in [-0.15, -0.1) is 0 Å². The average Bonchev–Trinajstić information content (AvgIpc) is 2.82. The summed E-state index contributed by atoms with van der Waals surface area (Å²) in [5.74, 6) is -0.717. The Hall–Kier alpha value is -0.900. The lowest BCUT2D eigenvalue weighted by atomic mass is 10.1. The molecule has 1 aliphatic rings. The summed E-state index contributed by atoms with van der Waals surface area (Å²) in [6, 6.07) is -0.366. The number of amides is 1. The van der Waals surface area contributed by atoms with Gasteiger partial charge >= 0.3 is 0 Å². The van der Waals surface area contributed by atoms with Crippen LogP contribution in [0.4, 0.5) is 0 Å². The number of carbonyl (C=O) groups excluding carboxylic acids is 2. The minimum atomic E-state index is -0.838. The summed E-state index contributed by atoms with van der Waals surface area (Å²) in [5.41, 5.74) is 4.88. The topological polar surface area (TPSA) is 72.2 Å². The van der Waals surface area contributed by atoms with Crippen LogP contribution in [0.25, 0.3) is 0 Å². The highest BCUT2D eigenvalue weighted by molar-refractivity contribution is 6.37. The fraction of sp³-hybridized carbons (Fsp3) is 0.750. The standard InChI is InChI=1S/C8H14N2O2/c1-10-6(4-5-2-3-5)7(11)8(9)12/h5-6,10H,2-4H2,1H3,(H2,9,12)/t6-/m0/s1. The van der Waals surface area contributed by atoms with E-state index in [1.54, 1.807) is 7.05 Å². The molecule has 1 fully saturated rings. The molecular formula is C8H14N2O2. The molecular weight excluding hydrogens is 156 g/mol. The predicted molar refractivity (Wildman–Crippen MR) is 44.4 cm³/mol. The minimum Gasteiger partial charge on any atom is -0.363 e. The highest BCUT2D eigenvalue weighted by atomic mass is 16.2. The summed E-state index contributed by atoms with van der Waals surface area (Å²) < 4.78 is 0. The van der Waals surface area contributed by atoms with E-state index in [0.29, 0.717) is 5.92 Å². The Morgan fingerprint density at radius 3 is 2.50 bits per heavy atom. The molecule has 0 aromatic heterocycles. The van der Waals surface area contributed by atoms with E-state index >= 15 is 0 Å². The Balaban J connectivity index is 2.41. The Bertz CT molecular complexity index is 199. The normalized spacial score (nSPS) is 18.8. The van der Waals surface area contributed by atoms with Crippen molar-refractivity contribution in [1.29, 1.82) is 0 Å². The quantitative estimate of drug-likeness (QED) is 0.543. The summed E-state index contributed by atoms with van der Waals surface area (Å²) in [6.07, 6.45) is 3.09. The molecule has 1 amide bonds. The van der Waals surface area contributed by atoms with E-state index in [2.05, 4.69) is 5.32 Å². The van der Waals surface area contributed by atoms with Gasteiger partial charge in [0.05, 0.1) is 6.04 Å². The first kappa shape index (κ1) is 9.19. The van der Waals surface area contributed by atoms with E-state index in [-0.39, 0.29) is 6.04 Å². The third kappa shape index (κ3) is 2.30. The Morgan fingerprint density at radius 2 is 2.17 bits per heavy atom. The molecule has 3 N–H and O–H groups in total. The molecule has 1 saturated carbocycles. The number of nitrogens with one attached hydrogen (secondary N) is 1. The second-order valence-electron chi connectivity index (χ2n) is 3.25. The SMILES string of the molecule is CN[C@@H](CC1CC1)C(=O)C(N)=O. The van der Waals surface area contributed by atoms with Gasteiger partial charge in [0.2, 0.25) is 5.78 Å². The van der Waals surface area contributed by atoms with Crippen LogP contribution in [-0.4, -0.2) is 24.8 Å². The predicted octanol–water partition coefficient (Wildman–Crippen LogP) is -0.571. The van der Waals surface area contributed by atoms with Gasteiger partial charge in [0.15, 0.2) is 0 Å². The number of rotatable bonds is 5. The van der Waals surface area contributed by atoms with Gasteiger partial charge in [0.25, 0.3) is 5.91 Å². The molecule has 4 nitrogen and oxygen atoms in total. The van der Waals surface area contributed by atoms with E-state index in [0.717, 1.165) is 6.42 Å². The molecule has 0 aromatic rings. The molecule has 0 aliphatic heterocycles. The molecule has 0 unspecified atom stereocenters. The largest absolute Gasteiger partial charge is 0.363 e. The lowest BCUT2D eigenvalue weighted by Crippen LogP contribution is -2.42. The number of primary amides is 1. The summed E-state index contributed by atoms with van der Waals surface area (Å²) in [4.78, 5) is 21.6. The summed E-state index contributed by atoms with van der Waals surface area (Å²) in [6.45, 7) is 0. The Labute approximate surface area is 71.5 Å². The lowest BCUT2D eigenvalue weighted by Gasteiger charge is -2.11. The van der Waals surface area contributed by atoms with Crippen molar-refractivity contribution in [3.8, 4) is 0 Å². The third-order valence-corrected chi connectivity index (χ3v) is 2.17. The second-order valence-corrected chi connectivity index (χ2v) is 3.25. The van der Waals surface area contributed by atoms with E-state index < -0.39 is 11.7 Å². The van der Waals surface area contributed by atoms with Gasteiger partial charge in [0.1, 0.15) is 0 Å². The lowest BCUT2D eigenvalue weighted by molar-refractivity contribution is -0.137. The minimum absolute atomic E-state index is 0.366. The van der Waals surface area contributed by atoms with Crippen LogP contribution in [0.2, 0.25) is 0 Å². The fourth-order valence-electron chi connectivity index (χ4n) is 1.21. The molecule has 0 saturated heterocycles. The van der Waals surface area contributed by atoms with E-state index in [1.165, 1.54) is 12.8 Å². The monoisotopic (exact) mass is 170 g/mol. The molecule has 0 spiro atoms. The van der Waals surface area contributed by atoms with Crippen molar-refractivity contribution in [2.75, 3.05) is 7.05 Å². The molecule has 1 aliphatic carbocycles. The molecule has 0 heterocycles. The van der Waals surface area contributed by atoms with Crippen LogP contribution in [0.3, 0.4) is 0 Å². The van der Waals surface area contributed by atoms with Crippen molar-refractivity contribution in [2.45, 2.75) is 25.3 Å². The van der Waals surface area contributed by atoms with E-state index in [9.17, 15) is 9.59 Å². The van der Waals surface area contributed by atoms with Gasteiger partial charge in [0, 0.05) is 0 Å². The third-order valence-electron chi connectivity index (χ3n) is 2.17. The maximum atomic E-state index is 11.1. The number of ketones is 1. The number of likely N-dealkylation sites (N-methyl/N-ethyl adjacent to an activating group) is 1. The van der Waals surface area contributed by atoms with Crippen LogP contribution in [0.1, 0.15) is 19.3 Å². The number of carbonyl (C=O) groups is 2. The van der Waals surface area contributed by atoms with Gasteiger partial charge in [-0.3, -0.25) is 9.59 Å². The number of hydrogen-bond acceptors (Lipinski definition) is 3. The van der Waals surface area contributed by atoms with E-state index in [1.807, 2.05) is 0 Å². The molecule has 0 aromatic carbocycles. The van der Waals surface area contributed by atoms with Crippen molar-refractivity contribution in [3.05, 3.63) is 0 Å². The first-order valence-corrected chi connectivity index (χ1v) is 4.16. The molecule has 0 radical (unpaired) electrons. The highest BCUT2D eigenvalue weighted by Crippen LogP contribution is 2.33. The molecule has 4 heteroatoms. The number of Topliss-reactive ketones (excluding diaryl/α,β-unsaturated/α-hetero) is 1. The summed E-state index contributed by atoms with van der Waals surface area (Å²) in [7, 11) is 1.67. The van der Waals surface area contributed by atoms with Crippen molar-refractivity contribution < 1.29 is 9.59 Å². The first-order valence-electron chi connectivity index (χ1n) is 4.16. The number of nitrogens with two attached hydrogens (primary N) is 1. The Kier molecular flexibility index (Phi) is 2.81. The molecule has 1 atom stereocenters. The summed E-state index contributed by atoms with van der Waals surface area (Å²) >= 11 is 0. The van der Waals surface area contributed by atoms with Gasteiger partial charge in [-0.05, 0) is 19.4 Å². The van der Waals surface area contributed by atoms with E-state index in [4.69, 9.17) is 5.73 Å². The smallest absolute Gasteiger partial charge is 0.286 e. The van der Waals surface area contributed by atoms with Crippen LogP contribution in [-0.2, 0) is 9.59 Å². The molecule has 0 bridgehead atoms. The maximum Gasteiger partial charge on any atom is 0.286 e.